The predicted molar refractivity (Wildman–Crippen MR) is 90.0 cm³/mol. The molecule has 0 saturated carbocycles. The summed E-state index contributed by atoms with van der Waals surface area (Å²) < 4.78 is 0.801. The van der Waals surface area contributed by atoms with Gasteiger partial charge in [0.2, 0.25) is 5.91 Å². The fourth-order valence-electron chi connectivity index (χ4n) is 2.03. The molecule has 2 rings (SSSR count). The topological polar surface area (TPSA) is 32.3 Å². The second-order valence-corrected chi connectivity index (χ2v) is 6.83. The summed E-state index contributed by atoms with van der Waals surface area (Å²) in [7, 11) is 1.80. The van der Waals surface area contributed by atoms with Crippen molar-refractivity contribution in [1.29, 1.82) is 0 Å². The maximum Gasteiger partial charge on any atom is 0.219 e. The number of nitrogens with one attached hydrogen (secondary N) is 1. The zero-order valence-electron chi connectivity index (χ0n) is 12.4. The molecule has 2 aromatic rings. The van der Waals surface area contributed by atoms with Crippen LogP contribution in [0.1, 0.15) is 30.3 Å². The summed E-state index contributed by atoms with van der Waals surface area (Å²) >= 11 is 7.56. The summed E-state index contributed by atoms with van der Waals surface area (Å²) in [6.45, 7) is 4.30. The van der Waals surface area contributed by atoms with Crippen molar-refractivity contribution in [3.63, 3.8) is 0 Å². The normalized spacial score (nSPS) is 12.0. The number of anilines is 1. The molecule has 0 bridgehead atoms. The number of hydrogen-bond acceptors (Lipinski definition) is 3. The summed E-state index contributed by atoms with van der Waals surface area (Å²) in [5.41, 5.74) is 2.15. The van der Waals surface area contributed by atoms with Crippen LogP contribution in [0.3, 0.4) is 0 Å². The lowest BCUT2D eigenvalue weighted by atomic mass is 10.1. The number of benzene rings is 1. The van der Waals surface area contributed by atoms with Crippen LogP contribution in [0.4, 0.5) is 5.69 Å². The molecular formula is C16H19ClN2OS. The number of hydrogen-bond donors (Lipinski definition) is 1. The van der Waals surface area contributed by atoms with Crippen molar-refractivity contribution in [2.24, 2.45) is 0 Å². The Morgan fingerprint density at radius 1 is 1.38 bits per heavy atom. The summed E-state index contributed by atoms with van der Waals surface area (Å²) in [6, 6.07) is 12.3. The number of carbonyl (C=O) groups is 1. The van der Waals surface area contributed by atoms with Crippen molar-refractivity contribution in [3.05, 3.63) is 51.2 Å². The van der Waals surface area contributed by atoms with Crippen LogP contribution in [0.25, 0.3) is 0 Å². The van der Waals surface area contributed by atoms with E-state index >= 15 is 0 Å². The molecule has 0 radical (unpaired) electrons. The van der Waals surface area contributed by atoms with Crippen LogP contribution < -0.4 is 5.32 Å². The number of carbonyl (C=O) groups excluding carboxylic acids is 1. The third-order valence-electron chi connectivity index (χ3n) is 3.29. The first-order chi connectivity index (χ1) is 9.95. The first-order valence-corrected chi connectivity index (χ1v) is 7.97. The van der Waals surface area contributed by atoms with Gasteiger partial charge in [-0.25, -0.2) is 0 Å². The van der Waals surface area contributed by atoms with E-state index in [0.29, 0.717) is 6.54 Å². The number of thiophene rings is 1. The van der Waals surface area contributed by atoms with Crippen molar-refractivity contribution in [2.45, 2.75) is 26.4 Å². The van der Waals surface area contributed by atoms with Gasteiger partial charge < -0.3 is 10.2 Å². The Balaban J connectivity index is 2.05. The van der Waals surface area contributed by atoms with Crippen molar-refractivity contribution >= 4 is 34.5 Å². The molecule has 1 N–H and O–H groups in total. The molecule has 1 aromatic heterocycles. The Bertz CT molecular complexity index is 626. The minimum atomic E-state index is 0.0648. The van der Waals surface area contributed by atoms with Crippen LogP contribution in [0, 0.1) is 0 Å². The molecule has 0 fully saturated rings. The molecule has 1 atom stereocenters. The van der Waals surface area contributed by atoms with Crippen LogP contribution in [0.2, 0.25) is 4.34 Å². The minimum absolute atomic E-state index is 0.0648. The van der Waals surface area contributed by atoms with E-state index in [0.717, 1.165) is 15.6 Å². The van der Waals surface area contributed by atoms with Gasteiger partial charge >= 0.3 is 0 Å². The van der Waals surface area contributed by atoms with E-state index in [1.54, 1.807) is 30.2 Å². The molecule has 0 aliphatic heterocycles. The quantitative estimate of drug-likeness (QED) is 0.875. The third kappa shape index (κ3) is 4.48. The summed E-state index contributed by atoms with van der Waals surface area (Å²) in [4.78, 5) is 14.2. The van der Waals surface area contributed by atoms with Crippen molar-refractivity contribution < 1.29 is 4.79 Å². The zero-order chi connectivity index (χ0) is 15.4. The molecule has 0 aliphatic rings. The molecule has 5 heteroatoms. The van der Waals surface area contributed by atoms with Crippen molar-refractivity contribution in [1.82, 2.24) is 4.90 Å². The largest absolute Gasteiger partial charge is 0.378 e. The second-order valence-electron chi connectivity index (χ2n) is 5.08. The van der Waals surface area contributed by atoms with E-state index in [4.69, 9.17) is 11.6 Å². The fourth-order valence-corrected chi connectivity index (χ4v) is 3.09. The van der Waals surface area contributed by atoms with Crippen LogP contribution in [-0.2, 0) is 11.3 Å². The second kappa shape index (κ2) is 6.96. The first kappa shape index (κ1) is 15.9. The van der Waals surface area contributed by atoms with E-state index in [1.807, 2.05) is 30.3 Å². The van der Waals surface area contributed by atoms with Crippen LogP contribution in [0.5, 0.6) is 0 Å². The summed E-state index contributed by atoms with van der Waals surface area (Å²) in [6.07, 6.45) is 0. The minimum Gasteiger partial charge on any atom is -0.378 e. The summed E-state index contributed by atoms with van der Waals surface area (Å²) in [5.74, 6) is 0.0648. The van der Waals surface area contributed by atoms with E-state index in [2.05, 4.69) is 18.3 Å². The lowest BCUT2D eigenvalue weighted by molar-refractivity contribution is -0.128. The molecule has 1 unspecified atom stereocenters. The molecule has 112 valence electrons. The molecule has 1 aromatic carbocycles. The molecule has 1 amide bonds. The Morgan fingerprint density at radius 3 is 2.76 bits per heavy atom. The number of amides is 1. The highest BCUT2D eigenvalue weighted by Gasteiger charge is 2.09. The highest BCUT2D eigenvalue weighted by atomic mass is 35.5. The number of nitrogens with zero attached hydrogens (tertiary/aromatic N) is 1. The van der Waals surface area contributed by atoms with E-state index < -0.39 is 0 Å². The summed E-state index contributed by atoms with van der Waals surface area (Å²) in [5, 5.41) is 3.46. The smallest absolute Gasteiger partial charge is 0.219 e. The molecule has 0 spiro atoms. The average molecular weight is 323 g/mol. The molecular weight excluding hydrogens is 304 g/mol. The van der Waals surface area contributed by atoms with Crippen LogP contribution in [-0.4, -0.2) is 17.9 Å². The fraction of sp³-hybridized carbons (Fsp3) is 0.312. The molecule has 21 heavy (non-hydrogen) atoms. The highest BCUT2D eigenvalue weighted by molar-refractivity contribution is 7.16. The maximum absolute atomic E-state index is 11.3. The van der Waals surface area contributed by atoms with Gasteiger partial charge in [-0.05, 0) is 36.8 Å². The van der Waals surface area contributed by atoms with Gasteiger partial charge in [0.25, 0.3) is 0 Å². The van der Waals surface area contributed by atoms with Gasteiger partial charge in [-0.15, -0.1) is 11.3 Å². The van der Waals surface area contributed by atoms with Crippen molar-refractivity contribution in [3.8, 4) is 0 Å². The van der Waals surface area contributed by atoms with E-state index in [-0.39, 0.29) is 11.9 Å². The van der Waals surface area contributed by atoms with Gasteiger partial charge in [0.15, 0.2) is 0 Å². The Hall–Kier alpha value is -1.52. The van der Waals surface area contributed by atoms with E-state index in [1.165, 1.54) is 4.88 Å². The zero-order valence-corrected chi connectivity index (χ0v) is 14.0. The third-order valence-corrected chi connectivity index (χ3v) is 4.70. The number of rotatable bonds is 5. The Labute approximate surface area is 134 Å². The molecule has 3 nitrogen and oxygen atoms in total. The Kier molecular flexibility index (Phi) is 5.26. The van der Waals surface area contributed by atoms with Crippen LogP contribution >= 0.6 is 22.9 Å². The predicted octanol–water partition coefficient (Wildman–Crippen LogP) is 4.55. The maximum atomic E-state index is 11.3. The monoisotopic (exact) mass is 322 g/mol. The van der Waals surface area contributed by atoms with Gasteiger partial charge in [-0.1, -0.05) is 23.7 Å². The SMILES string of the molecule is CC(=O)N(C)Cc1cccc(NC(C)c2ccc(Cl)s2)c1. The van der Waals surface area contributed by atoms with Crippen molar-refractivity contribution in [2.75, 3.05) is 12.4 Å². The lowest BCUT2D eigenvalue weighted by Crippen LogP contribution is -2.23. The lowest BCUT2D eigenvalue weighted by Gasteiger charge is -2.17. The standard InChI is InChI=1S/C16H19ClN2OS/c1-11(15-7-8-16(17)21-15)18-14-6-4-5-13(9-14)10-19(3)12(2)20/h4-9,11,18H,10H2,1-3H3. The first-order valence-electron chi connectivity index (χ1n) is 6.78. The Morgan fingerprint density at radius 2 is 2.14 bits per heavy atom. The number of halogens is 1. The molecule has 1 heterocycles. The van der Waals surface area contributed by atoms with Gasteiger partial charge in [0, 0.05) is 31.1 Å². The average Bonchev–Trinajstić information content (AvgIpc) is 2.86. The van der Waals surface area contributed by atoms with Crippen LogP contribution in [0.15, 0.2) is 36.4 Å². The van der Waals surface area contributed by atoms with Gasteiger partial charge in [0.1, 0.15) is 0 Å². The van der Waals surface area contributed by atoms with E-state index in [9.17, 15) is 4.79 Å². The highest BCUT2D eigenvalue weighted by Crippen LogP contribution is 2.29. The van der Waals surface area contributed by atoms with Gasteiger partial charge in [-0.2, -0.15) is 0 Å². The molecule has 0 saturated heterocycles. The van der Waals surface area contributed by atoms with Gasteiger partial charge in [0.05, 0.1) is 10.4 Å². The molecule has 0 aliphatic carbocycles. The van der Waals surface area contributed by atoms with Gasteiger partial charge in [-0.3, -0.25) is 4.79 Å².